The fourth-order valence-corrected chi connectivity index (χ4v) is 8.44. The predicted molar refractivity (Wildman–Crippen MR) is 266 cm³/mol. The van der Waals surface area contributed by atoms with Crippen LogP contribution < -0.4 is 0 Å². The van der Waals surface area contributed by atoms with Gasteiger partial charge < -0.3 is 23.8 Å². The van der Waals surface area contributed by atoms with Crippen molar-refractivity contribution < 1.29 is 38.2 Å². The first-order valence-electron chi connectivity index (χ1n) is 27.2. The fraction of sp³-hybridized carbons (Fsp3) is 0.909. The first-order valence-corrected chi connectivity index (χ1v) is 27.2. The van der Waals surface area contributed by atoms with Crippen LogP contribution in [0.25, 0.3) is 0 Å². The lowest BCUT2D eigenvalue weighted by molar-refractivity contribution is -0.887. The maximum atomic E-state index is 12.8. The molecule has 372 valence electrons. The molecule has 0 aromatic heterocycles. The lowest BCUT2D eigenvalue weighted by Crippen LogP contribution is -2.50. The van der Waals surface area contributed by atoms with Crippen LogP contribution in [-0.4, -0.2) is 80.6 Å². The minimum absolute atomic E-state index is 0.0466. The van der Waals surface area contributed by atoms with Gasteiger partial charge in [0.25, 0.3) is 0 Å². The number of likely N-dealkylation sites (N-methyl/N-ethyl adjacent to an activating group) is 1. The van der Waals surface area contributed by atoms with Crippen LogP contribution in [0.3, 0.4) is 0 Å². The van der Waals surface area contributed by atoms with Gasteiger partial charge in [-0.15, -0.1) is 0 Å². The Labute approximate surface area is 390 Å². The molecule has 0 saturated carbocycles. The average molecular weight is 893 g/mol. The Bertz CT molecular complexity index is 1040. The summed E-state index contributed by atoms with van der Waals surface area (Å²) in [6.07, 6.45) is 52.7. The van der Waals surface area contributed by atoms with Crippen molar-refractivity contribution in [2.75, 3.05) is 41.0 Å². The van der Waals surface area contributed by atoms with Crippen molar-refractivity contribution >= 4 is 17.9 Å². The van der Waals surface area contributed by atoms with Gasteiger partial charge >= 0.3 is 17.9 Å². The second-order valence-corrected chi connectivity index (χ2v) is 19.8. The summed E-state index contributed by atoms with van der Waals surface area (Å²) in [6.45, 7) is 4.79. The first-order chi connectivity index (χ1) is 30.6. The van der Waals surface area contributed by atoms with Crippen LogP contribution in [0.2, 0.25) is 0 Å². The van der Waals surface area contributed by atoms with E-state index in [0.717, 1.165) is 38.5 Å². The van der Waals surface area contributed by atoms with Crippen molar-refractivity contribution in [2.24, 2.45) is 0 Å². The zero-order valence-corrected chi connectivity index (χ0v) is 42.6. The highest BCUT2D eigenvalue weighted by Crippen LogP contribution is 2.17. The summed E-state index contributed by atoms with van der Waals surface area (Å²) in [4.78, 5) is 37.2. The van der Waals surface area contributed by atoms with Crippen molar-refractivity contribution in [2.45, 2.75) is 283 Å². The highest BCUT2D eigenvalue weighted by molar-refractivity contribution is 5.72. The summed E-state index contributed by atoms with van der Waals surface area (Å²) in [5.74, 6) is -1.45. The van der Waals surface area contributed by atoms with E-state index in [2.05, 4.69) is 26.0 Å². The molecule has 0 aliphatic heterocycles. The van der Waals surface area contributed by atoms with Gasteiger partial charge in [0.05, 0.1) is 34.4 Å². The van der Waals surface area contributed by atoms with Crippen molar-refractivity contribution in [3.63, 3.8) is 0 Å². The summed E-state index contributed by atoms with van der Waals surface area (Å²) < 4.78 is 17.4. The van der Waals surface area contributed by atoms with Crippen LogP contribution in [-0.2, 0) is 28.6 Å². The second kappa shape index (κ2) is 46.6. The molecule has 0 amide bonds. The number of aliphatic carboxylic acids is 1. The smallest absolute Gasteiger partial charge is 0.362 e. The molecule has 0 aromatic rings. The Morgan fingerprint density at radius 2 is 0.794 bits per heavy atom. The van der Waals surface area contributed by atoms with E-state index in [1.165, 1.54) is 199 Å². The highest BCUT2D eigenvalue weighted by Gasteiger charge is 2.31. The largest absolute Gasteiger partial charge is 0.477 e. The van der Waals surface area contributed by atoms with Crippen LogP contribution in [0.5, 0.6) is 0 Å². The Kier molecular flexibility index (Phi) is 45.2. The maximum Gasteiger partial charge on any atom is 0.362 e. The normalized spacial score (nSPS) is 12.8. The van der Waals surface area contributed by atoms with Gasteiger partial charge in [0.15, 0.2) is 12.1 Å². The number of ether oxygens (including phenoxy) is 3. The van der Waals surface area contributed by atoms with Gasteiger partial charge in [0, 0.05) is 19.3 Å². The molecule has 0 spiro atoms. The zero-order valence-electron chi connectivity index (χ0n) is 42.6. The Hall–Kier alpha value is -1.93. The number of esters is 2. The number of rotatable bonds is 50. The molecule has 8 heteroatoms. The number of allylic oxidation sites excluding steroid dienone is 2. The number of hydrogen-bond donors (Lipinski definition) is 1. The zero-order chi connectivity index (χ0) is 46.3. The molecule has 8 nitrogen and oxygen atoms in total. The average Bonchev–Trinajstić information content (AvgIpc) is 3.24. The van der Waals surface area contributed by atoms with Crippen LogP contribution in [0.1, 0.15) is 271 Å². The number of carbonyl (C=O) groups excluding carboxylic acids is 2. The van der Waals surface area contributed by atoms with E-state index in [-0.39, 0.29) is 36.2 Å². The van der Waals surface area contributed by atoms with E-state index in [4.69, 9.17) is 14.2 Å². The molecule has 0 aliphatic rings. The molecule has 0 bridgehead atoms. The molecule has 0 saturated heterocycles. The van der Waals surface area contributed by atoms with Crippen LogP contribution in [0.4, 0.5) is 0 Å². The molecule has 2 atom stereocenters. The Morgan fingerprint density at radius 1 is 0.460 bits per heavy atom. The molecule has 1 N–H and O–H groups in total. The van der Waals surface area contributed by atoms with Gasteiger partial charge in [-0.3, -0.25) is 9.59 Å². The molecule has 0 aromatic carbocycles. The predicted octanol–water partition coefficient (Wildman–Crippen LogP) is 15.8. The van der Waals surface area contributed by atoms with Gasteiger partial charge in [-0.2, -0.15) is 0 Å². The topological polar surface area (TPSA) is 99.1 Å². The highest BCUT2D eigenvalue weighted by atomic mass is 16.6. The minimum Gasteiger partial charge on any atom is -0.477 e. The second-order valence-electron chi connectivity index (χ2n) is 19.8. The van der Waals surface area contributed by atoms with E-state index < -0.39 is 18.1 Å². The molecule has 2 unspecified atom stereocenters. The maximum absolute atomic E-state index is 12.8. The SMILES string of the molecule is CCCCCCCCCCCCCC/C=C/CCCCCCCCCC(=O)OCC(COCCC(C(=O)O)[N+](C)(C)C)OC(=O)CCCCCCCCCCCCCCCCCC. The third-order valence-electron chi connectivity index (χ3n) is 12.7. The number of quaternary nitrogens is 1. The summed E-state index contributed by atoms with van der Waals surface area (Å²) in [7, 11) is 5.55. The van der Waals surface area contributed by atoms with E-state index in [9.17, 15) is 19.5 Å². The first kappa shape index (κ1) is 61.1. The number of carboxylic acids is 1. The third kappa shape index (κ3) is 45.0. The van der Waals surface area contributed by atoms with Gasteiger partial charge in [0.1, 0.15) is 6.61 Å². The molecule has 0 rings (SSSR count). The van der Waals surface area contributed by atoms with Crippen molar-refractivity contribution in [1.82, 2.24) is 0 Å². The van der Waals surface area contributed by atoms with Gasteiger partial charge in [0.2, 0.25) is 0 Å². The molecular weight excluding hydrogens is 787 g/mol. The lowest BCUT2D eigenvalue weighted by atomic mass is 10.0. The van der Waals surface area contributed by atoms with Gasteiger partial charge in [-0.05, 0) is 38.5 Å². The fourth-order valence-electron chi connectivity index (χ4n) is 8.44. The number of carbonyl (C=O) groups is 3. The Morgan fingerprint density at radius 3 is 1.14 bits per heavy atom. The monoisotopic (exact) mass is 893 g/mol. The summed E-state index contributed by atoms with van der Waals surface area (Å²) >= 11 is 0. The third-order valence-corrected chi connectivity index (χ3v) is 12.7. The lowest BCUT2D eigenvalue weighted by Gasteiger charge is -2.31. The van der Waals surface area contributed by atoms with Crippen LogP contribution >= 0.6 is 0 Å². The Balaban J connectivity index is 4.15. The number of unbranched alkanes of at least 4 members (excludes halogenated alkanes) is 34. The van der Waals surface area contributed by atoms with Crippen molar-refractivity contribution in [3.05, 3.63) is 12.2 Å². The molecular formula is C55H106NO7+. The molecule has 0 fully saturated rings. The molecule has 0 heterocycles. The van der Waals surface area contributed by atoms with E-state index in [1.54, 1.807) is 0 Å². The van der Waals surface area contributed by atoms with Gasteiger partial charge in [-0.1, -0.05) is 225 Å². The number of nitrogens with zero attached hydrogens (tertiary/aromatic N) is 1. The molecule has 0 radical (unpaired) electrons. The summed E-state index contributed by atoms with van der Waals surface area (Å²) in [6, 6.07) is -0.612. The van der Waals surface area contributed by atoms with Crippen molar-refractivity contribution in [3.8, 4) is 0 Å². The van der Waals surface area contributed by atoms with E-state index >= 15 is 0 Å². The molecule has 63 heavy (non-hydrogen) atoms. The summed E-state index contributed by atoms with van der Waals surface area (Å²) in [5, 5.41) is 9.66. The standard InChI is InChI=1S/C55H105NO7/c1-6-8-10-12-14-16-18-20-22-24-25-26-27-28-29-30-32-33-35-37-39-41-43-45-53(57)62-50-51(49-61-48-47-52(55(59)60)56(3,4)5)63-54(58)46-44-42-40-38-36-34-31-23-21-19-17-15-13-11-9-7-2/h28-29,51-52H,6-27,30-50H2,1-5H3/p+1/b29-28+. The summed E-state index contributed by atoms with van der Waals surface area (Å²) in [5.41, 5.74) is 0. The quantitative estimate of drug-likeness (QED) is 0.0281. The minimum atomic E-state index is -0.871. The number of hydrogen-bond acceptors (Lipinski definition) is 6. The van der Waals surface area contributed by atoms with Crippen molar-refractivity contribution in [1.29, 1.82) is 0 Å². The van der Waals surface area contributed by atoms with Crippen LogP contribution in [0.15, 0.2) is 12.2 Å². The van der Waals surface area contributed by atoms with E-state index in [1.807, 2.05) is 21.1 Å². The van der Waals surface area contributed by atoms with E-state index in [0.29, 0.717) is 19.3 Å². The molecule has 0 aliphatic carbocycles. The van der Waals surface area contributed by atoms with Gasteiger partial charge in [-0.25, -0.2) is 4.79 Å². The van der Waals surface area contributed by atoms with Crippen LogP contribution in [0, 0.1) is 0 Å². The number of carboxylic acid groups (broad SMARTS) is 1.